The van der Waals surface area contributed by atoms with Crippen molar-refractivity contribution in [2.24, 2.45) is 0 Å². The van der Waals surface area contributed by atoms with Gasteiger partial charge in [0.05, 0.1) is 0 Å². The number of hydrogen-bond acceptors (Lipinski definition) is 3. The zero-order valence-corrected chi connectivity index (χ0v) is 13.3. The Morgan fingerprint density at radius 1 is 1.10 bits per heavy atom. The Balaban J connectivity index is 1.65. The third-order valence-corrected chi connectivity index (χ3v) is 4.92. The Morgan fingerprint density at radius 3 is 2.52 bits per heavy atom. The second-order valence-electron chi connectivity index (χ2n) is 6.74. The first-order valence-electron chi connectivity index (χ1n) is 8.53. The minimum atomic E-state index is 0.473. The van der Waals surface area contributed by atoms with Crippen LogP contribution in [0.15, 0.2) is 30.3 Å². The maximum Gasteiger partial charge on any atom is 0.0451 e. The highest BCUT2D eigenvalue weighted by molar-refractivity contribution is 5.19. The molecule has 2 atom stereocenters. The summed E-state index contributed by atoms with van der Waals surface area (Å²) in [7, 11) is 2.23. The number of rotatable bonds is 5. The molecule has 0 aromatic heterocycles. The van der Waals surface area contributed by atoms with Crippen molar-refractivity contribution < 1.29 is 0 Å². The van der Waals surface area contributed by atoms with Gasteiger partial charge < -0.3 is 15.1 Å². The van der Waals surface area contributed by atoms with Gasteiger partial charge in [-0.15, -0.1) is 0 Å². The summed E-state index contributed by atoms with van der Waals surface area (Å²) in [5.74, 6) is 0. The van der Waals surface area contributed by atoms with E-state index in [0.29, 0.717) is 12.1 Å². The summed E-state index contributed by atoms with van der Waals surface area (Å²) < 4.78 is 0. The van der Waals surface area contributed by atoms with E-state index in [1.165, 1.54) is 57.4 Å². The van der Waals surface area contributed by atoms with Crippen LogP contribution in [0.3, 0.4) is 0 Å². The van der Waals surface area contributed by atoms with Crippen molar-refractivity contribution in [3.63, 3.8) is 0 Å². The van der Waals surface area contributed by atoms with Crippen molar-refractivity contribution in [1.82, 2.24) is 15.1 Å². The molecule has 2 heterocycles. The summed E-state index contributed by atoms with van der Waals surface area (Å²) in [5.41, 5.74) is 1.44. The maximum atomic E-state index is 3.93. The van der Waals surface area contributed by atoms with E-state index < -0.39 is 0 Å². The molecule has 2 saturated heterocycles. The van der Waals surface area contributed by atoms with Gasteiger partial charge in [-0.25, -0.2) is 0 Å². The quantitative estimate of drug-likeness (QED) is 0.898. The SMILES string of the molecule is CN1CC[C@H](N[C@@H](CN2CCCCC2)c2ccccc2)C1. The number of nitrogens with one attached hydrogen (secondary N) is 1. The molecule has 3 rings (SSSR count). The molecule has 0 amide bonds. The van der Waals surface area contributed by atoms with Crippen LogP contribution in [0, 0.1) is 0 Å². The third-order valence-electron chi connectivity index (χ3n) is 4.92. The van der Waals surface area contributed by atoms with Crippen LogP contribution in [0.25, 0.3) is 0 Å². The number of piperidine rings is 1. The molecule has 0 radical (unpaired) electrons. The first-order chi connectivity index (χ1) is 10.3. The van der Waals surface area contributed by atoms with E-state index in [-0.39, 0.29) is 0 Å². The predicted octanol–water partition coefficient (Wildman–Crippen LogP) is 2.51. The first-order valence-corrected chi connectivity index (χ1v) is 8.53. The van der Waals surface area contributed by atoms with E-state index in [9.17, 15) is 0 Å². The van der Waals surface area contributed by atoms with Gasteiger partial charge in [0, 0.05) is 25.2 Å². The molecule has 116 valence electrons. The van der Waals surface area contributed by atoms with E-state index >= 15 is 0 Å². The number of hydrogen-bond donors (Lipinski definition) is 1. The van der Waals surface area contributed by atoms with E-state index in [1.54, 1.807) is 0 Å². The Kier molecular flexibility index (Phi) is 5.28. The highest BCUT2D eigenvalue weighted by Crippen LogP contribution is 2.20. The van der Waals surface area contributed by atoms with Gasteiger partial charge in [-0.2, -0.15) is 0 Å². The van der Waals surface area contributed by atoms with Gasteiger partial charge in [0.15, 0.2) is 0 Å². The lowest BCUT2D eigenvalue weighted by Gasteiger charge is -2.32. The molecule has 3 nitrogen and oxygen atoms in total. The molecule has 2 aliphatic rings. The third kappa shape index (κ3) is 4.29. The standard InChI is InChI=1S/C18H29N3/c1-20-13-10-17(14-20)19-18(16-8-4-2-5-9-16)15-21-11-6-3-7-12-21/h2,4-5,8-9,17-19H,3,6-7,10-15H2,1H3/t17-,18-/m0/s1. The van der Waals surface area contributed by atoms with E-state index in [4.69, 9.17) is 0 Å². The normalized spacial score (nSPS) is 26.0. The molecule has 2 aliphatic heterocycles. The number of nitrogens with zero attached hydrogens (tertiary/aromatic N) is 2. The van der Waals surface area contributed by atoms with Crippen LogP contribution in [-0.2, 0) is 0 Å². The summed E-state index contributed by atoms with van der Waals surface area (Å²) in [6.45, 7) is 6.11. The topological polar surface area (TPSA) is 18.5 Å². The van der Waals surface area contributed by atoms with Gasteiger partial charge in [-0.05, 0) is 51.5 Å². The van der Waals surface area contributed by atoms with Gasteiger partial charge in [0.1, 0.15) is 0 Å². The minimum absolute atomic E-state index is 0.473. The summed E-state index contributed by atoms with van der Waals surface area (Å²) in [6, 6.07) is 12.1. The maximum absolute atomic E-state index is 3.93. The Bertz CT molecular complexity index is 407. The van der Waals surface area contributed by atoms with Crippen molar-refractivity contribution in [3.05, 3.63) is 35.9 Å². The second kappa shape index (κ2) is 7.39. The highest BCUT2D eigenvalue weighted by Gasteiger charge is 2.24. The molecule has 3 heteroatoms. The lowest BCUT2D eigenvalue weighted by atomic mass is 10.0. The molecule has 0 aliphatic carbocycles. The van der Waals surface area contributed by atoms with Crippen molar-refractivity contribution in [3.8, 4) is 0 Å². The zero-order valence-electron chi connectivity index (χ0n) is 13.3. The van der Waals surface area contributed by atoms with E-state index in [1.807, 2.05) is 0 Å². The summed E-state index contributed by atoms with van der Waals surface area (Å²) in [6.07, 6.45) is 5.43. The lowest BCUT2D eigenvalue weighted by Crippen LogP contribution is -2.42. The van der Waals surface area contributed by atoms with Crippen LogP contribution in [-0.4, -0.2) is 55.6 Å². The minimum Gasteiger partial charge on any atom is -0.305 e. The average molecular weight is 287 g/mol. The van der Waals surface area contributed by atoms with Gasteiger partial charge in [0.2, 0.25) is 0 Å². The molecule has 1 aromatic rings. The molecule has 1 aromatic carbocycles. The fraction of sp³-hybridized carbons (Fsp3) is 0.667. The van der Waals surface area contributed by atoms with Crippen LogP contribution < -0.4 is 5.32 Å². The number of benzene rings is 1. The largest absolute Gasteiger partial charge is 0.305 e. The summed E-state index contributed by atoms with van der Waals surface area (Å²) in [5, 5.41) is 3.93. The van der Waals surface area contributed by atoms with Crippen LogP contribution in [0.2, 0.25) is 0 Å². The second-order valence-corrected chi connectivity index (χ2v) is 6.74. The van der Waals surface area contributed by atoms with Crippen LogP contribution in [0.1, 0.15) is 37.3 Å². The summed E-state index contributed by atoms with van der Waals surface area (Å²) >= 11 is 0. The molecule has 0 saturated carbocycles. The molecule has 0 bridgehead atoms. The molecule has 0 unspecified atom stereocenters. The molecular weight excluding hydrogens is 258 g/mol. The zero-order chi connectivity index (χ0) is 14.5. The highest BCUT2D eigenvalue weighted by atomic mass is 15.2. The van der Waals surface area contributed by atoms with E-state index in [0.717, 1.165) is 6.54 Å². The van der Waals surface area contributed by atoms with Crippen molar-refractivity contribution in [1.29, 1.82) is 0 Å². The fourth-order valence-electron chi connectivity index (χ4n) is 3.70. The van der Waals surface area contributed by atoms with Gasteiger partial charge >= 0.3 is 0 Å². The van der Waals surface area contributed by atoms with Gasteiger partial charge in [0.25, 0.3) is 0 Å². The van der Waals surface area contributed by atoms with Gasteiger partial charge in [-0.1, -0.05) is 36.8 Å². The van der Waals surface area contributed by atoms with Crippen molar-refractivity contribution in [2.75, 3.05) is 39.8 Å². The van der Waals surface area contributed by atoms with E-state index in [2.05, 4.69) is 52.5 Å². The Labute approximate surface area is 129 Å². The van der Waals surface area contributed by atoms with Crippen LogP contribution in [0.4, 0.5) is 0 Å². The summed E-state index contributed by atoms with van der Waals surface area (Å²) in [4.78, 5) is 5.08. The average Bonchev–Trinajstić information content (AvgIpc) is 2.94. The smallest absolute Gasteiger partial charge is 0.0451 e. The van der Waals surface area contributed by atoms with Gasteiger partial charge in [-0.3, -0.25) is 0 Å². The molecular formula is C18H29N3. The lowest BCUT2D eigenvalue weighted by molar-refractivity contribution is 0.199. The molecule has 0 spiro atoms. The predicted molar refractivity (Wildman–Crippen MR) is 88.5 cm³/mol. The molecule has 1 N–H and O–H groups in total. The molecule has 2 fully saturated rings. The van der Waals surface area contributed by atoms with Crippen LogP contribution >= 0.6 is 0 Å². The molecule has 21 heavy (non-hydrogen) atoms. The van der Waals surface area contributed by atoms with Crippen LogP contribution in [0.5, 0.6) is 0 Å². The van der Waals surface area contributed by atoms with Crippen molar-refractivity contribution >= 4 is 0 Å². The Hall–Kier alpha value is -0.900. The van der Waals surface area contributed by atoms with Crippen molar-refractivity contribution in [2.45, 2.75) is 37.8 Å². The fourth-order valence-corrected chi connectivity index (χ4v) is 3.70. The first kappa shape index (κ1) is 15.0. The monoisotopic (exact) mass is 287 g/mol. The Morgan fingerprint density at radius 2 is 1.86 bits per heavy atom. The number of likely N-dealkylation sites (tertiary alicyclic amines) is 2. The number of likely N-dealkylation sites (N-methyl/N-ethyl adjacent to an activating group) is 1.